The molecule has 2 heterocycles. The molecule has 98 valence electrons. The molecule has 0 amide bonds. The van der Waals surface area contributed by atoms with Gasteiger partial charge in [0.05, 0.1) is 16.5 Å². The minimum Gasteiger partial charge on any atom is -0.275 e. The zero-order valence-corrected chi connectivity index (χ0v) is 11.6. The molecule has 0 radical (unpaired) electrons. The highest BCUT2D eigenvalue weighted by Crippen LogP contribution is 2.22. The van der Waals surface area contributed by atoms with E-state index in [2.05, 4.69) is 17.0 Å². The fourth-order valence-electron chi connectivity index (χ4n) is 2.04. The Morgan fingerprint density at radius 1 is 1.50 bits per heavy atom. The summed E-state index contributed by atoms with van der Waals surface area (Å²) in [6.07, 6.45) is 4.53. The van der Waals surface area contributed by atoms with Gasteiger partial charge in [-0.05, 0) is 25.3 Å². The second-order valence-corrected chi connectivity index (χ2v) is 6.21. The molecule has 2 unspecified atom stereocenters. The van der Waals surface area contributed by atoms with Crippen LogP contribution in [-0.2, 0) is 18.0 Å². The van der Waals surface area contributed by atoms with Gasteiger partial charge in [0.15, 0.2) is 0 Å². The van der Waals surface area contributed by atoms with Crippen molar-refractivity contribution in [2.75, 3.05) is 0 Å². The Bertz CT molecular complexity index is 580. The third kappa shape index (κ3) is 2.76. The first-order chi connectivity index (χ1) is 8.47. The van der Waals surface area contributed by atoms with E-state index >= 15 is 0 Å². The second kappa shape index (κ2) is 5.16. The van der Waals surface area contributed by atoms with Gasteiger partial charge in [-0.15, -0.1) is 0 Å². The maximum Gasteiger partial charge on any atom is 0.0956 e. The molecule has 2 N–H and O–H groups in total. The highest BCUT2D eigenvalue weighted by atomic mass is 32.2. The van der Waals surface area contributed by atoms with Crippen molar-refractivity contribution in [1.82, 2.24) is 14.8 Å². The monoisotopic (exact) mass is 266 g/mol. The molecule has 0 spiro atoms. The number of hydrogen-bond acceptors (Lipinski definition) is 3. The van der Waals surface area contributed by atoms with Crippen LogP contribution in [0.5, 0.6) is 0 Å². The maximum absolute atomic E-state index is 11.2. The maximum atomic E-state index is 11.2. The lowest BCUT2D eigenvalue weighted by Gasteiger charge is -2.14. The van der Waals surface area contributed by atoms with Crippen molar-refractivity contribution in [2.24, 2.45) is 12.2 Å². The van der Waals surface area contributed by atoms with E-state index in [9.17, 15) is 4.21 Å². The predicted molar refractivity (Wildman–Crippen MR) is 73.3 cm³/mol. The Kier molecular flexibility index (Phi) is 3.77. The van der Waals surface area contributed by atoms with Gasteiger partial charge in [0, 0.05) is 35.8 Å². The molecule has 6 heteroatoms. The molecule has 5 nitrogen and oxygen atoms in total. The van der Waals surface area contributed by atoms with Crippen LogP contribution in [0.3, 0.4) is 0 Å². The molecule has 0 aliphatic rings. The molecule has 3 atom stereocenters. The number of hydrogen-bond donors (Lipinski definition) is 1. The smallest absolute Gasteiger partial charge is 0.0956 e. The van der Waals surface area contributed by atoms with Gasteiger partial charge >= 0.3 is 0 Å². The summed E-state index contributed by atoms with van der Waals surface area (Å²) in [5.74, 6) is 0.221. The fourth-order valence-corrected chi connectivity index (χ4v) is 2.52. The summed E-state index contributed by atoms with van der Waals surface area (Å²) >= 11 is 0. The van der Waals surface area contributed by atoms with Crippen molar-refractivity contribution in [3.63, 3.8) is 0 Å². The summed E-state index contributed by atoms with van der Waals surface area (Å²) in [6, 6.07) is 1.99. The fraction of sp³-hybridized carbons (Fsp3) is 0.500. The Morgan fingerprint density at radius 3 is 2.89 bits per heavy atom. The number of nitrogens with two attached hydrogens (primary N) is 1. The first-order valence-corrected chi connectivity index (χ1v) is 7.19. The first kappa shape index (κ1) is 13.2. The zero-order chi connectivity index (χ0) is 13.3. The number of rotatable bonds is 4. The van der Waals surface area contributed by atoms with Crippen LogP contribution in [0.2, 0.25) is 0 Å². The van der Waals surface area contributed by atoms with Crippen LogP contribution in [0.4, 0.5) is 0 Å². The Morgan fingerprint density at radius 2 is 2.22 bits per heavy atom. The van der Waals surface area contributed by atoms with Crippen molar-refractivity contribution in [3.05, 3.63) is 24.2 Å². The number of fused-ring (bicyclic) bond motifs is 1. The largest absolute Gasteiger partial charge is 0.275 e. The molecule has 0 saturated heterocycles. The third-order valence-corrected chi connectivity index (χ3v) is 4.10. The average Bonchev–Trinajstić information content (AvgIpc) is 2.67. The van der Waals surface area contributed by atoms with Crippen LogP contribution in [0, 0.1) is 0 Å². The van der Waals surface area contributed by atoms with Gasteiger partial charge in [0.1, 0.15) is 0 Å². The van der Waals surface area contributed by atoms with Gasteiger partial charge in [-0.25, -0.2) is 4.21 Å². The topological polar surface area (TPSA) is 73.8 Å². The molecule has 2 rings (SSSR count). The highest BCUT2D eigenvalue weighted by molar-refractivity contribution is 7.83. The van der Waals surface area contributed by atoms with Crippen molar-refractivity contribution in [3.8, 4) is 0 Å². The molecule has 0 fully saturated rings. The van der Waals surface area contributed by atoms with Crippen LogP contribution >= 0.6 is 0 Å². The van der Waals surface area contributed by atoms with Gasteiger partial charge in [0.2, 0.25) is 0 Å². The van der Waals surface area contributed by atoms with Gasteiger partial charge in [-0.1, -0.05) is 6.92 Å². The Labute approximate surface area is 109 Å². The van der Waals surface area contributed by atoms with Gasteiger partial charge < -0.3 is 0 Å². The van der Waals surface area contributed by atoms with E-state index in [1.165, 1.54) is 0 Å². The van der Waals surface area contributed by atoms with E-state index in [-0.39, 0.29) is 11.2 Å². The Balaban J connectivity index is 2.22. The summed E-state index contributed by atoms with van der Waals surface area (Å²) in [4.78, 5) is 4.44. The van der Waals surface area contributed by atoms with Crippen molar-refractivity contribution in [1.29, 1.82) is 0 Å². The van der Waals surface area contributed by atoms with E-state index in [1.807, 2.05) is 32.4 Å². The number of aromatic nitrogens is 3. The van der Waals surface area contributed by atoms with Gasteiger partial charge in [-0.2, -0.15) is 5.10 Å². The molecule has 0 aliphatic carbocycles. The average molecular weight is 266 g/mol. The van der Waals surface area contributed by atoms with Crippen LogP contribution in [0.15, 0.2) is 18.5 Å². The standard InChI is InChI=1S/C12H18N4OS/c1-8(4-9(2)18(13)17)11-5-12-10(6-14-11)7-16(3)15-12/h5-9H,4,13H2,1-3H3/t8-,9?,18?/m1/s1. The summed E-state index contributed by atoms with van der Waals surface area (Å²) in [6.45, 7) is 3.96. The van der Waals surface area contributed by atoms with Crippen LogP contribution < -0.4 is 5.14 Å². The molecular formula is C12H18N4OS. The van der Waals surface area contributed by atoms with E-state index in [4.69, 9.17) is 5.14 Å². The highest BCUT2D eigenvalue weighted by Gasteiger charge is 2.15. The second-order valence-electron chi connectivity index (χ2n) is 4.75. The summed E-state index contributed by atoms with van der Waals surface area (Å²) in [5.41, 5.74) is 1.91. The van der Waals surface area contributed by atoms with Crippen molar-refractivity contribution >= 4 is 21.9 Å². The lowest BCUT2D eigenvalue weighted by molar-refractivity contribution is 0.627. The van der Waals surface area contributed by atoms with Crippen molar-refractivity contribution < 1.29 is 4.21 Å². The Hall–Kier alpha value is -1.27. The molecule has 0 aliphatic heterocycles. The number of pyridine rings is 1. The summed E-state index contributed by atoms with van der Waals surface area (Å²) in [5, 5.41) is 10.8. The quantitative estimate of drug-likeness (QED) is 0.910. The summed E-state index contributed by atoms with van der Waals surface area (Å²) < 4.78 is 13.0. The third-order valence-electron chi connectivity index (χ3n) is 3.11. The molecule has 0 saturated carbocycles. The van der Waals surface area contributed by atoms with Crippen LogP contribution in [-0.4, -0.2) is 24.2 Å². The summed E-state index contributed by atoms with van der Waals surface area (Å²) in [7, 11) is 0.616. The first-order valence-electron chi connectivity index (χ1n) is 5.91. The van der Waals surface area contributed by atoms with Crippen LogP contribution in [0.25, 0.3) is 10.9 Å². The predicted octanol–water partition coefficient (Wildman–Crippen LogP) is 1.47. The van der Waals surface area contributed by atoms with E-state index in [1.54, 1.807) is 4.68 Å². The number of aryl methyl sites for hydroxylation is 1. The molecular weight excluding hydrogens is 248 g/mol. The molecule has 18 heavy (non-hydrogen) atoms. The van der Waals surface area contributed by atoms with E-state index in [0.29, 0.717) is 0 Å². The minimum absolute atomic E-state index is 0.0266. The lowest BCUT2D eigenvalue weighted by Crippen LogP contribution is -2.20. The van der Waals surface area contributed by atoms with E-state index < -0.39 is 11.0 Å². The van der Waals surface area contributed by atoms with E-state index in [0.717, 1.165) is 23.0 Å². The van der Waals surface area contributed by atoms with Gasteiger partial charge in [0.25, 0.3) is 0 Å². The lowest BCUT2D eigenvalue weighted by atomic mass is 10.0. The zero-order valence-electron chi connectivity index (χ0n) is 10.8. The van der Waals surface area contributed by atoms with Gasteiger partial charge in [-0.3, -0.25) is 14.8 Å². The normalized spacial score (nSPS) is 16.7. The minimum atomic E-state index is -1.28. The SMILES string of the molecule is CC(C[C@@H](C)c1cc2nn(C)cc2cn1)S(N)=O. The van der Waals surface area contributed by atoms with Crippen LogP contribution in [0.1, 0.15) is 31.9 Å². The molecule has 0 bridgehead atoms. The molecule has 0 aromatic carbocycles. The molecule has 2 aromatic rings. The number of nitrogens with zero attached hydrogens (tertiary/aromatic N) is 3. The molecule has 2 aromatic heterocycles. The van der Waals surface area contributed by atoms with Crippen molar-refractivity contribution in [2.45, 2.75) is 31.4 Å².